The van der Waals surface area contributed by atoms with E-state index in [4.69, 9.17) is 42.4 Å². The summed E-state index contributed by atoms with van der Waals surface area (Å²) in [4.78, 5) is 49.4. The Morgan fingerprint density at radius 1 is 0.958 bits per heavy atom. The van der Waals surface area contributed by atoms with Crippen molar-refractivity contribution in [2.45, 2.75) is 179 Å². The minimum atomic E-state index is -2.35. The van der Waals surface area contributed by atoms with Gasteiger partial charge in [0.15, 0.2) is 23.9 Å². The summed E-state index contributed by atoms with van der Waals surface area (Å²) in [5.41, 5.74) is -4.85. The Labute approximate surface area is 421 Å². The van der Waals surface area contributed by atoms with Gasteiger partial charge in [-0.25, -0.2) is 4.79 Å². The van der Waals surface area contributed by atoms with Gasteiger partial charge in [-0.2, -0.15) is 0 Å². The SMILES string of the molecule is CC[C@H]1OC(=O)[C@H](C)[C@@H](OC2CC(C)(OC)C(O)C(C)O2)[C@H](C)[C@@H](O[C@@H]2O[C@H](C)C[C@H](N(C)C)[C@H]2O)[C@](C)(OCC#Cc2cc(-c3cnc4ccccc4c3)no2)C[C@@H](C)C(=O)[C@H](C)[C@@]2(O)NC(=O)O[C@]12C. The number of aliphatic hydroxyl groups excluding tert-OH is 2. The highest BCUT2D eigenvalue weighted by Crippen LogP contribution is 2.46. The zero-order valence-electron chi connectivity index (χ0n) is 43.7. The molecule has 1 aromatic carbocycles. The summed E-state index contributed by atoms with van der Waals surface area (Å²) >= 11 is 0. The first kappa shape index (κ1) is 55.2. The number of amides is 1. The van der Waals surface area contributed by atoms with Crippen LogP contribution in [0.15, 0.2) is 47.1 Å². The normalized spacial score (nSPS) is 40.1. The van der Waals surface area contributed by atoms with Crippen LogP contribution in [0.3, 0.4) is 0 Å². The smallest absolute Gasteiger partial charge is 0.410 e. The minimum Gasteiger partial charge on any atom is -0.458 e. The Kier molecular flexibility index (Phi) is 16.6. The molecule has 6 heterocycles. The van der Waals surface area contributed by atoms with Crippen molar-refractivity contribution in [3.8, 4) is 23.1 Å². The zero-order chi connectivity index (χ0) is 52.7. The van der Waals surface area contributed by atoms with Crippen molar-refractivity contribution in [3.05, 3.63) is 48.4 Å². The van der Waals surface area contributed by atoms with Crippen molar-refractivity contribution in [1.29, 1.82) is 0 Å². The van der Waals surface area contributed by atoms with E-state index in [0.717, 1.165) is 16.5 Å². The summed E-state index contributed by atoms with van der Waals surface area (Å²) in [7, 11) is 5.20. The number of benzene rings is 1. The molecule has 0 saturated carbocycles. The third-order valence-corrected chi connectivity index (χ3v) is 15.7. The first-order valence-electron chi connectivity index (χ1n) is 25.0. The summed E-state index contributed by atoms with van der Waals surface area (Å²) in [5.74, 6) is 0.760. The van der Waals surface area contributed by atoms with E-state index in [1.807, 2.05) is 63.2 Å². The molecule has 1 amide bonds. The molecule has 4 unspecified atom stereocenters. The van der Waals surface area contributed by atoms with Crippen molar-refractivity contribution in [2.75, 3.05) is 27.8 Å². The standard InChI is InChI=1S/C53H74N4O15/c1-14-40-52(10)53(63,55-49(62)71-52)32(6)42(58)28(2)25-51(9,65-21-17-19-36-24-38(56-72-36)35-23-34-18-15-16-20-37(34)54-27-35)46(70-48-43(59)39(57(11)12)22-29(3)66-48)30(4)44(31(5)47(61)68-40)69-41-26-50(8,64-13)45(60)33(7)67-41/h15-16,18,20,23-24,27-33,39-41,43-46,48,59-60,63H,14,21-22,25-26H2,1-13H3,(H,55,62)/t28-,29-,30+,31-,32+,33?,39+,40-,41?,43-,44+,45?,46-,48+,50?,51-,52-,53+/m1/s1. The molecule has 18 atom stereocenters. The van der Waals surface area contributed by atoms with Crippen molar-refractivity contribution in [1.82, 2.24) is 20.4 Å². The zero-order valence-corrected chi connectivity index (χ0v) is 43.7. The number of hydrogen-bond donors (Lipinski definition) is 4. The van der Waals surface area contributed by atoms with E-state index in [-0.39, 0.29) is 43.8 Å². The molecule has 0 radical (unpaired) electrons. The van der Waals surface area contributed by atoms with Gasteiger partial charge in [0.1, 0.15) is 36.4 Å². The van der Waals surface area contributed by atoms with Crippen LogP contribution < -0.4 is 5.32 Å². The van der Waals surface area contributed by atoms with Crippen molar-refractivity contribution in [3.63, 3.8) is 0 Å². The Balaban J connectivity index is 1.33. The number of Topliss-reactive ketones (excluding diaryl/α,β-unsaturated/α-hetero) is 1. The fraction of sp³-hybridized carbons (Fsp3) is 0.679. The second kappa shape index (κ2) is 21.7. The molecule has 4 saturated heterocycles. The lowest BCUT2D eigenvalue weighted by atomic mass is 9.71. The quantitative estimate of drug-likeness (QED) is 0.152. The number of para-hydroxylation sites is 1. The van der Waals surface area contributed by atoms with Gasteiger partial charge in [0, 0.05) is 54.6 Å². The van der Waals surface area contributed by atoms with Gasteiger partial charge in [-0.15, -0.1) is 0 Å². The van der Waals surface area contributed by atoms with E-state index < -0.39 is 113 Å². The van der Waals surface area contributed by atoms with E-state index in [1.165, 1.54) is 21.0 Å². The minimum absolute atomic E-state index is 0.0514. The lowest BCUT2D eigenvalue weighted by Crippen LogP contribution is -2.67. The number of alkyl carbamates (subject to hydrolysis) is 1. The predicted octanol–water partition coefficient (Wildman–Crippen LogP) is 5.14. The predicted molar refractivity (Wildman–Crippen MR) is 260 cm³/mol. The highest BCUT2D eigenvalue weighted by Gasteiger charge is 2.67. The molecule has 4 aliphatic heterocycles. The number of cyclic esters (lactones) is 1. The van der Waals surface area contributed by atoms with Gasteiger partial charge in [0.05, 0.1) is 53.0 Å². The van der Waals surface area contributed by atoms with E-state index in [0.29, 0.717) is 12.1 Å². The summed E-state index contributed by atoms with van der Waals surface area (Å²) in [6.07, 6.45) is -7.95. The Morgan fingerprint density at radius 2 is 1.68 bits per heavy atom. The molecule has 19 nitrogen and oxygen atoms in total. The lowest BCUT2D eigenvalue weighted by Gasteiger charge is -2.50. The Bertz CT molecular complexity index is 2480. The molecule has 2 aromatic heterocycles. The summed E-state index contributed by atoms with van der Waals surface area (Å²) in [6.45, 7) is 16.6. The Hall–Kier alpha value is -4.59. The third-order valence-electron chi connectivity index (χ3n) is 15.7. The van der Waals surface area contributed by atoms with Crippen LogP contribution >= 0.6 is 0 Å². The number of rotatable bonds is 10. The van der Waals surface area contributed by atoms with E-state index in [2.05, 4.69) is 27.3 Å². The van der Waals surface area contributed by atoms with Gasteiger partial charge < -0.3 is 62.6 Å². The molecule has 396 valence electrons. The average Bonchev–Trinajstić information content (AvgIpc) is 3.92. The van der Waals surface area contributed by atoms with Crippen molar-refractivity contribution >= 4 is 28.7 Å². The molecule has 72 heavy (non-hydrogen) atoms. The summed E-state index contributed by atoms with van der Waals surface area (Å²) < 4.78 is 57.1. The first-order valence-corrected chi connectivity index (χ1v) is 25.0. The molecule has 0 bridgehead atoms. The molecule has 4 aliphatic rings. The second-order valence-electron chi connectivity index (χ2n) is 21.2. The fourth-order valence-electron chi connectivity index (χ4n) is 11.3. The first-order chi connectivity index (χ1) is 33.9. The Morgan fingerprint density at radius 3 is 2.38 bits per heavy atom. The largest absolute Gasteiger partial charge is 0.458 e. The molecule has 4 N–H and O–H groups in total. The van der Waals surface area contributed by atoms with Crippen LogP contribution in [0.1, 0.15) is 101 Å². The molecule has 19 heteroatoms. The monoisotopic (exact) mass is 1010 g/mol. The number of aromatic nitrogens is 2. The number of methoxy groups -OCH3 is 1. The molecule has 0 spiro atoms. The number of aliphatic hydroxyl groups is 3. The van der Waals surface area contributed by atoms with Crippen LogP contribution in [0, 0.1) is 35.5 Å². The van der Waals surface area contributed by atoms with Gasteiger partial charge in [0.2, 0.25) is 5.76 Å². The molecule has 3 aromatic rings. The molecular weight excluding hydrogens is 933 g/mol. The van der Waals surface area contributed by atoms with E-state index >= 15 is 0 Å². The number of pyridine rings is 1. The van der Waals surface area contributed by atoms with Crippen LogP contribution in [0.4, 0.5) is 4.79 Å². The van der Waals surface area contributed by atoms with Gasteiger partial charge >= 0.3 is 12.1 Å². The second-order valence-corrected chi connectivity index (χ2v) is 21.2. The lowest BCUT2D eigenvalue weighted by molar-refractivity contribution is -0.320. The highest BCUT2D eigenvalue weighted by atomic mass is 16.7. The number of ether oxygens (including phenoxy) is 8. The van der Waals surface area contributed by atoms with Crippen molar-refractivity contribution < 1.29 is 72.1 Å². The van der Waals surface area contributed by atoms with Crippen LogP contribution in [-0.2, 0) is 47.5 Å². The number of ketones is 1. The summed E-state index contributed by atoms with van der Waals surface area (Å²) in [5, 5.41) is 43.4. The number of carbonyl (C=O) groups is 3. The number of likely N-dealkylation sites (N-methyl/N-ethyl adjacent to an activating group) is 1. The van der Waals surface area contributed by atoms with Crippen LogP contribution in [0.25, 0.3) is 22.2 Å². The molecule has 7 rings (SSSR count). The number of hydrogen-bond acceptors (Lipinski definition) is 18. The summed E-state index contributed by atoms with van der Waals surface area (Å²) in [6, 6.07) is 11.0. The maximum Gasteiger partial charge on any atom is 0.410 e. The molecular formula is C53H74N4O15. The number of nitrogens with one attached hydrogen (secondary N) is 1. The highest BCUT2D eigenvalue weighted by molar-refractivity contribution is 5.86. The number of carbonyl (C=O) groups excluding carboxylic acids is 3. The molecule has 0 aliphatic carbocycles. The number of nitrogens with zero attached hydrogens (tertiary/aromatic N) is 3. The van der Waals surface area contributed by atoms with Gasteiger partial charge in [-0.1, -0.05) is 57.0 Å². The van der Waals surface area contributed by atoms with Crippen LogP contribution in [0.2, 0.25) is 0 Å². The maximum atomic E-state index is 14.9. The fourth-order valence-corrected chi connectivity index (χ4v) is 11.3. The van der Waals surface area contributed by atoms with E-state index in [1.54, 1.807) is 53.8 Å². The van der Waals surface area contributed by atoms with Crippen LogP contribution in [-0.4, -0.2) is 160 Å². The number of fused-ring (bicyclic) bond motifs is 2. The van der Waals surface area contributed by atoms with Crippen molar-refractivity contribution in [2.24, 2.45) is 23.7 Å². The maximum absolute atomic E-state index is 14.9. The average molecular weight is 1010 g/mol. The van der Waals surface area contributed by atoms with Gasteiger partial charge in [-0.3, -0.25) is 19.9 Å². The van der Waals surface area contributed by atoms with Gasteiger partial charge in [-0.05, 0) is 93.0 Å². The topological polar surface area (TPSA) is 240 Å². The number of esters is 1. The van der Waals surface area contributed by atoms with E-state index in [9.17, 15) is 29.7 Å². The third kappa shape index (κ3) is 10.8. The molecule has 4 fully saturated rings. The van der Waals surface area contributed by atoms with Gasteiger partial charge in [0.25, 0.3) is 0 Å². The van der Waals surface area contributed by atoms with Crippen LogP contribution in [0.5, 0.6) is 0 Å².